The van der Waals surface area contributed by atoms with Gasteiger partial charge in [0.1, 0.15) is 6.67 Å². The van der Waals surface area contributed by atoms with Crippen molar-refractivity contribution < 1.29 is 4.39 Å². The van der Waals surface area contributed by atoms with E-state index < -0.39 is 0 Å². The Labute approximate surface area is 80.1 Å². The van der Waals surface area contributed by atoms with Gasteiger partial charge in [-0.25, -0.2) is 4.39 Å². The fourth-order valence-corrected chi connectivity index (χ4v) is 3.34. The van der Waals surface area contributed by atoms with Crippen molar-refractivity contribution in [3.8, 4) is 0 Å². The maximum Gasteiger partial charge on any atom is 0.102 e. The predicted molar refractivity (Wildman–Crippen MR) is 52.4 cm³/mol. The molecule has 2 fully saturated rings. The summed E-state index contributed by atoms with van der Waals surface area (Å²) in [5.74, 6) is 2.79. The molecule has 0 saturated heterocycles. The molecule has 0 amide bonds. The largest absolute Gasteiger partial charge is 0.311 e. The second-order valence-corrected chi connectivity index (χ2v) is 4.77. The van der Waals surface area contributed by atoms with E-state index in [1.54, 1.807) is 0 Å². The zero-order chi connectivity index (χ0) is 9.26. The van der Waals surface area contributed by atoms with Crippen LogP contribution in [0.1, 0.15) is 32.6 Å². The summed E-state index contributed by atoms with van der Waals surface area (Å²) < 4.78 is 12.0. The highest BCUT2D eigenvalue weighted by molar-refractivity contribution is 4.93. The molecule has 0 aliphatic heterocycles. The highest BCUT2D eigenvalue weighted by atomic mass is 19.1. The van der Waals surface area contributed by atoms with Crippen LogP contribution in [0.2, 0.25) is 0 Å². The van der Waals surface area contributed by atoms with Gasteiger partial charge in [0.2, 0.25) is 0 Å². The predicted octanol–water partition coefficient (Wildman–Crippen LogP) is 2.37. The van der Waals surface area contributed by atoms with Crippen LogP contribution in [0.5, 0.6) is 0 Å². The van der Waals surface area contributed by atoms with Gasteiger partial charge < -0.3 is 5.32 Å². The van der Waals surface area contributed by atoms with Crippen LogP contribution in [0.4, 0.5) is 4.39 Å². The van der Waals surface area contributed by atoms with E-state index in [2.05, 4.69) is 12.2 Å². The van der Waals surface area contributed by atoms with E-state index in [0.717, 1.165) is 17.8 Å². The Morgan fingerprint density at radius 1 is 1.38 bits per heavy atom. The SMILES string of the molecule is CC(NCCF)C1CC2CCC1C2. The molecule has 4 unspecified atom stereocenters. The first-order valence-corrected chi connectivity index (χ1v) is 5.60. The highest BCUT2D eigenvalue weighted by Crippen LogP contribution is 2.49. The first kappa shape index (κ1) is 9.45. The first-order valence-electron chi connectivity index (χ1n) is 5.60. The second-order valence-electron chi connectivity index (χ2n) is 4.77. The Morgan fingerprint density at radius 3 is 2.77 bits per heavy atom. The molecule has 1 nitrogen and oxygen atoms in total. The zero-order valence-corrected chi connectivity index (χ0v) is 8.43. The Kier molecular flexibility index (Phi) is 2.87. The number of fused-ring (bicyclic) bond motifs is 2. The summed E-state index contributed by atoms with van der Waals surface area (Å²) in [4.78, 5) is 0. The number of halogens is 1. The van der Waals surface area contributed by atoms with Crippen molar-refractivity contribution in [2.24, 2.45) is 17.8 Å². The quantitative estimate of drug-likeness (QED) is 0.709. The van der Waals surface area contributed by atoms with Crippen LogP contribution in [0.25, 0.3) is 0 Å². The van der Waals surface area contributed by atoms with Gasteiger partial charge in [0.05, 0.1) is 0 Å². The van der Waals surface area contributed by atoms with E-state index in [-0.39, 0.29) is 6.67 Å². The van der Waals surface area contributed by atoms with Crippen molar-refractivity contribution in [1.82, 2.24) is 5.32 Å². The molecule has 0 aromatic carbocycles. The third-order valence-electron chi connectivity index (χ3n) is 4.00. The van der Waals surface area contributed by atoms with Crippen molar-refractivity contribution in [2.45, 2.75) is 38.6 Å². The van der Waals surface area contributed by atoms with E-state index in [1.807, 2.05) is 0 Å². The van der Waals surface area contributed by atoms with E-state index in [0.29, 0.717) is 12.6 Å². The molecule has 1 N–H and O–H groups in total. The summed E-state index contributed by atoms with van der Waals surface area (Å²) in [6.45, 7) is 2.53. The fraction of sp³-hybridized carbons (Fsp3) is 1.00. The van der Waals surface area contributed by atoms with Crippen molar-refractivity contribution >= 4 is 0 Å². The molecule has 4 atom stereocenters. The summed E-state index contributed by atoms with van der Waals surface area (Å²) >= 11 is 0. The minimum Gasteiger partial charge on any atom is -0.311 e. The summed E-state index contributed by atoms with van der Waals surface area (Å²) in [5.41, 5.74) is 0. The van der Waals surface area contributed by atoms with Gasteiger partial charge in [0.25, 0.3) is 0 Å². The van der Waals surface area contributed by atoms with Crippen LogP contribution in [0, 0.1) is 17.8 Å². The topological polar surface area (TPSA) is 12.0 Å². The van der Waals surface area contributed by atoms with Crippen molar-refractivity contribution in [3.05, 3.63) is 0 Å². The van der Waals surface area contributed by atoms with E-state index >= 15 is 0 Å². The lowest BCUT2D eigenvalue weighted by Gasteiger charge is -2.28. The molecule has 0 aromatic heterocycles. The monoisotopic (exact) mass is 185 g/mol. The van der Waals surface area contributed by atoms with Crippen LogP contribution < -0.4 is 5.32 Å². The lowest BCUT2D eigenvalue weighted by atomic mass is 9.84. The Hall–Kier alpha value is -0.110. The van der Waals surface area contributed by atoms with Crippen LogP contribution >= 0.6 is 0 Å². The normalized spacial score (nSPS) is 39.7. The molecule has 2 heteroatoms. The molecule has 0 aromatic rings. The van der Waals surface area contributed by atoms with Crippen molar-refractivity contribution in [2.75, 3.05) is 13.2 Å². The van der Waals surface area contributed by atoms with Gasteiger partial charge in [-0.3, -0.25) is 0 Å². The second kappa shape index (κ2) is 3.95. The van der Waals surface area contributed by atoms with E-state index in [9.17, 15) is 4.39 Å². The Balaban J connectivity index is 1.80. The van der Waals surface area contributed by atoms with Crippen LogP contribution in [-0.2, 0) is 0 Å². The molecule has 0 spiro atoms. The number of hydrogen-bond donors (Lipinski definition) is 1. The Bertz CT molecular complexity index is 171. The molecule has 2 rings (SSSR count). The summed E-state index contributed by atoms with van der Waals surface area (Å²) in [6, 6.07) is 0.533. The molecule has 2 saturated carbocycles. The summed E-state index contributed by atoms with van der Waals surface area (Å²) in [5, 5.41) is 3.28. The van der Waals surface area contributed by atoms with E-state index in [1.165, 1.54) is 25.7 Å². The van der Waals surface area contributed by atoms with Gasteiger partial charge in [-0.15, -0.1) is 0 Å². The summed E-state index contributed by atoms with van der Waals surface area (Å²) in [7, 11) is 0. The van der Waals surface area contributed by atoms with Gasteiger partial charge >= 0.3 is 0 Å². The number of hydrogen-bond acceptors (Lipinski definition) is 1. The summed E-state index contributed by atoms with van der Waals surface area (Å²) in [6.07, 6.45) is 5.73. The van der Waals surface area contributed by atoms with Gasteiger partial charge in [0.15, 0.2) is 0 Å². The van der Waals surface area contributed by atoms with Crippen LogP contribution in [0.3, 0.4) is 0 Å². The van der Waals surface area contributed by atoms with Gasteiger partial charge in [-0.1, -0.05) is 6.42 Å². The van der Waals surface area contributed by atoms with Crippen molar-refractivity contribution in [1.29, 1.82) is 0 Å². The van der Waals surface area contributed by atoms with Crippen LogP contribution in [-0.4, -0.2) is 19.3 Å². The molecule has 2 bridgehead atoms. The lowest BCUT2D eigenvalue weighted by Crippen LogP contribution is -2.37. The van der Waals surface area contributed by atoms with Crippen LogP contribution in [0.15, 0.2) is 0 Å². The lowest BCUT2D eigenvalue weighted by molar-refractivity contribution is 0.256. The first-order chi connectivity index (χ1) is 6.31. The van der Waals surface area contributed by atoms with Crippen molar-refractivity contribution in [3.63, 3.8) is 0 Å². The third-order valence-corrected chi connectivity index (χ3v) is 4.00. The van der Waals surface area contributed by atoms with Gasteiger partial charge in [-0.05, 0) is 43.9 Å². The molecule has 13 heavy (non-hydrogen) atoms. The molecule has 0 radical (unpaired) electrons. The Morgan fingerprint density at radius 2 is 2.23 bits per heavy atom. The number of rotatable bonds is 4. The standard InChI is InChI=1S/C11H20FN/c1-8(13-5-4-12)11-7-9-2-3-10(11)6-9/h8-11,13H,2-7H2,1H3. The minimum absolute atomic E-state index is 0.231. The fourth-order valence-electron chi connectivity index (χ4n) is 3.34. The molecular weight excluding hydrogens is 165 g/mol. The molecule has 0 heterocycles. The number of alkyl halides is 1. The maximum absolute atomic E-state index is 12.0. The van der Waals surface area contributed by atoms with Gasteiger partial charge in [-0.2, -0.15) is 0 Å². The average molecular weight is 185 g/mol. The van der Waals surface area contributed by atoms with Gasteiger partial charge in [0, 0.05) is 12.6 Å². The minimum atomic E-state index is -0.231. The number of nitrogens with one attached hydrogen (secondary N) is 1. The van der Waals surface area contributed by atoms with E-state index in [4.69, 9.17) is 0 Å². The maximum atomic E-state index is 12.0. The molecule has 76 valence electrons. The molecule has 2 aliphatic rings. The molecular formula is C11H20FN. The molecule has 2 aliphatic carbocycles. The highest BCUT2D eigenvalue weighted by Gasteiger charge is 2.41. The smallest absolute Gasteiger partial charge is 0.102 e. The zero-order valence-electron chi connectivity index (χ0n) is 8.43. The third kappa shape index (κ3) is 1.88. The average Bonchev–Trinajstić information content (AvgIpc) is 2.74.